The first-order valence-corrected chi connectivity index (χ1v) is 5.92. The number of hydrogen-bond donors (Lipinski definition) is 1. The molecule has 0 aromatic heterocycles. The molecule has 15 heavy (non-hydrogen) atoms. The lowest BCUT2D eigenvalue weighted by Crippen LogP contribution is -2.20. The van der Waals surface area contributed by atoms with Gasteiger partial charge in [-0.3, -0.25) is 0 Å². The summed E-state index contributed by atoms with van der Waals surface area (Å²) in [6.07, 6.45) is 7.77. The second kappa shape index (κ2) is 18.7. The highest BCUT2D eigenvalue weighted by atomic mass is 14.9. The third-order valence-electron chi connectivity index (χ3n) is 1.10. The van der Waals surface area contributed by atoms with Crippen molar-refractivity contribution in [2.75, 3.05) is 0 Å². The maximum absolute atomic E-state index is 3.64. The molecule has 0 radical (unpaired) electrons. The van der Waals surface area contributed by atoms with Crippen LogP contribution in [0.25, 0.3) is 0 Å². The quantitative estimate of drug-likeness (QED) is 0.666. The molecule has 0 unspecified atom stereocenters. The van der Waals surface area contributed by atoms with Gasteiger partial charge in [0.25, 0.3) is 0 Å². The van der Waals surface area contributed by atoms with Crippen LogP contribution in [0.1, 0.15) is 48.5 Å². The molecule has 0 aromatic carbocycles. The molecule has 0 heterocycles. The van der Waals surface area contributed by atoms with Crippen molar-refractivity contribution in [1.82, 2.24) is 5.32 Å². The summed E-state index contributed by atoms with van der Waals surface area (Å²) in [5.41, 5.74) is 1.11. The third-order valence-corrected chi connectivity index (χ3v) is 1.10. The minimum atomic E-state index is 0.470. The highest BCUT2D eigenvalue weighted by molar-refractivity contribution is 5.21. The number of allylic oxidation sites excluding steroid dienone is 4. The van der Waals surface area contributed by atoms with Gasteiger partial charge in [0.1, 0.15) is 0 Å². The molecule has 0 spiro atoms. The molecule has 0 aliphatic heterocycles. The zero-order valence-corrected chi connectivity index (χ0v) is 11.6. The van der Waals surface area contributed by atoms with Gasteiger partial charge in [0.2, 0.25) is 0 Å². The Balaban J connectivity index is -0.000000318. The van der Waals surface area contributed by atoms with Gasteiger partial charge < -0.3 is 5.32 Å². The number of rotatable bonds is 4. The van der Waals surface area contributed by atoms with Crippen LogP contribution < -0.4 is 5.32 Å². The van der Waals surface area contributed by atoms with Gasteiger partial charge in [-0.05, 0) is 32.9 Å². The average Bonchev–Trinajstić information content (AvgIpc) is 2.24. The lowest BCUT2D eigenvalue weighted by molar-refractivity contribution is 0.681. The van der Waals surface area contributed by atoms with Crippen LogP contribution >= 0.6 is 0 Å². The first kappa shape index (κ1) is 19.6. The number of nitrogens with one attached hydrogen (secondary N) is 1. The lowest BCUT2D eigenvalue weighted by Gasteiger charge is -2.09. The van der Waals surface area contributed by atoms with Crippen molar-refractivity contribution in [2.24, 2.45) is 0 Å². The van der Waals surface area contributed by atoms with E-state index in [0.29, 0.717) is 6.04 Å². The van der Waals surface area contributed by atoms with Crippen molar-refractivity contribution < 1.29 is 0 Å². The van der Waals surface area contributed by atoms with Crippen LogP contribution in [0.2, 0.25) is 0 Å². The zero-order valence-electron chi connectivity index (χ0n) is 11.6. The summed E-state index contributed by atoms with van der Waals surface area (Å²) in [6.45, 7) is 17.9. The Bertz CT molecular complexity index is 164. The summed E-state index contributed by atoms with van der Waals surface area (Å²) in [4.78, 5) is 0. The van der Waals surface area contributed by atoms with Crippen molar-refractivity contribution >= 4 is 0 Å². The Labute approximate surface area is 97.0 Å². The molecule has 1 N–H and O–H groups in total. The van der Waals surface area contributed by atoms with Crippen LogP contribution in [0.3, 0.4) is 0 Å². The average molecular weight is 211 g/mol. The Morgan fingerprint density at radius 3 is 1.87 bits per heavy atom. The van der Waals surface area contributed by atoms with Gasteiger partial charge in [-0.2, -0.15) is 0 Å². The van der Waals surface area contributed by atoms with E-state index in [-0.39, 0.29) is 0 Å². The van der Waals surface area contributed by atoms with Crippen molar-refractivity contribution in [3.63, 3.8) is 0 Å². The van der Waals surface area contributed by atoms with E-state index in [2.05, 4.69) is 25.7 Å². The standard InChI is InChI=1S/C10H17N.2C2H6/c1-5-7-10(8-6-2)11-9(3)4;2*1-2/h5-9,11H,1H2,2-4H3;2*1-2H3/b8-6-,10-7+;;. The SMILES string of the molecule is C=C/C=C(\C=C/C)NC(C)C.CC.CC. The minimum Gasteiger partial charge on any atom is -0.383 e. The van der Waals surface area contributed by atoms with Gasteiger partial charge in [0.05, 0.1) is 0 Å². The van der Waals surface area contributed by atoms with E-state index in [9.17, 15) is 0 Å². The van der Waals surface area contributed by atoms with Gasteiger partial charge in [-0.15, -0.1) is 0 Å². The van der Waals surface area contributed by atoms with E-state index in [1.165, 1.54) is 0 Å². The minimum absolute atomic E-state index is 0.470. The van der Waals surface area contributed by atoms with Crippen LogP contribution in [-0.2, 0) is 0 Å². The van der Waals surface area contributed by atoms with Gasteiger partial charge >= 0.3 is 0 Å². The summed E-state index contributed by atoms with van der Waals surface area (Å²) >= 11 is 0. The van der Waals surface area contributed by atoms with E-state index < -0.39 is 0 Å². The molecule has 0 bridgehead atoms. The summed E-state index contributed by atoms with van der Waals surface area (Å²) in [5, 5.41) is 3.28. The molecular weight excluding hydrogens is 182 g/mol. The van der Waals surface area contributed by atoms with Crippen LogP contribution in [0, 0.1) is 0 Å². The fraction of sp³-hybridized carbons (Fsp3) is 0.571. The summed E-state index contributed by atoms with van der Waals surface area (Å²) in [5.74, 6) is 0. The first-order chi connectivity index (χ1) is 7.20. The van der Waals surface area contributed by atoms with Crippen LogP contribution in [-0.4, -0.2) is 6.04 Å². The van der Waals surface area contributed by atoms with E-state index in [4.69, 9.17) is 0 Å². The zero-order chi connectivity index (χ0) is 12.7. The van der Waals surface area contributed by atoms with Crippen LogP contribution in [0.4, 0.5) is 0 Å². The molecule has 0 fully saturated rings. The van der Waals surface area contributed by atoms with Crippen molar-refractivity contribution in [3.05, 3.63) is 36.6 Å². The maximum Gasteiger partial charge on any atom is 0.0338 e. The molecule has 1 heteroatoms. The Morgan fingerprint density at radius 1 is 1.13 bits per heavy atom. The molecule has 0 rings (SSSR count). The molecular formula is C14H29N. The second-order valence-corrected chi connectivity index (χ2v) is 2.66. The molecule has 0 saturated carbocycles. The van der Waals surface area contributed by atoms with Crippen molar-refractivity contribution in [3.8, 4) is 0 Å². The van der Waals surface area contributed by atoms with Crippen molar-refractivity contribution in [2.45, 2.75) is 54.5 Å². The van der Waals surface area contributed by atoms with E-state index in [1.807, 2.05) is 52.8 Å². The summed E-state index contributed by atoms with van der Waals surface area (Å²) in [7, 11) is 0. The Kier molecular flexibility index (Phi) is 24.4. The maximum atomic E-state index is 3.64. The molecule has 0 saturated heterocycles. The predicted octanol–water partition coefficient (Wildman–Crippen LogP) is 4.68. The monoisotopic (exact) mass is 211 g/mol. The molecule has 0 aromatic rings. The fourth-order valence-corrected chi connectivity index (χ4v) is 0.792. The Morgan fingerprint density at radius 2 is 1.60 bits per heavy atom. The largest absolute Gasteiger partial charge is 0.383 e. The second-order valence-electron chi connectivity index (χ2n) is 2.66. The van der Waals surface area contributed by atoms with E-state index >= 15 is 0 Å². The molecule has 0 atom stereocenters. The topological polar surface area (TPSA) is 12.0 Å². The fourth-order valence-electron chi connectivity index (χ4n) is 0.792. The van der Waals surface area contributed by atoms with E-state index in [1.54, 1.807) is 6.08 Å². The summed E-state index contributed by atoms with van der Waals surface area (Å²) < 4.78 is 0. The predicted molar refractivity (Wildman–Crippen MR) is 74.1 cm³/mol. The van der Waals surface area contributed by atoms with Gasteiger partial charge in [-0.25, -0.2) is 0 Å². The highest BCUT2D eigenvalue weighted by Crippen LogP contribution is 1.94. The Hall–Kier alpha value is -0.980. The third kappa shape index (κ3) is 19.4. The van der Waals surface area contributed by atoms with Gasteiger partial charge in [0.15, 0.2) is 0 Å². The smallest absolute Gasteiger partial charge is 0.0338 e. The molecule has 0 aliphatic carbocycles. The normalized spacial score (nSPS) is 10.0. The first-order valence-electron chi connectivity index (χ1n) is 5.92. The summed E-state index contributed by atoms with van der Waals surface area (Å²) in [6, 6.07) is 0.470. The van der Waals surface area contributed by atoms with Gasteiger partial charge in [0, 0.05) is 11.7 Å². The van der Waals surface area contributed by atoms with Crippen molar-refractivity contribution in [1.29, 1.82) is 0 Å². The lowest BCUT2D eigenvalue weighted by atomic mass is 10.3. The molecule has 90 valence electrons. The van der Waals surface area contributed by atoms with Gasteiger partial charge in [-0.1, -0.05) is 46.4 Å². The molecule has 0 amide bonds. The highest BCUT2D eigenvalue weighted by Gasteiger charge is 1.91. The van der Waals surface area contributed by atoms with Crippen LogP contribution in [0.15, 0.2) is 36.6 Å². The molecule has 1 nitrogen and oxygen atoms in total. The molecule has 0 aliphatic rings. The van der Waals surface area contributed by atoms with E-state index in [0.717, 1.165) is 5.70 Å². The number of hydrogen-bond acceptors (Lipinski definition) is 1. The van der Waals surface area contributed by atoms with Crippen LogP contribution in [0.5, 0.6) is 0 Å².